The quantitative estimate of drug-likeness (QED) is 0.623. The Morgan fingerprint density at radius 1 is 1.07 bits per heavy atom. The lowest BCUT2D eigenvalue weighted by Crippen LogP contribution is -2.39. The number of rotatable bonds is 5. The molecule has 2 aromatic carbocycles. The lowest BCUT2D eigenvalue weighted by molar-refractivity contribution is 0.601. The van der Waals surface area contributed by atoms with Crippen LogP contribution in [-0.4, -0.2) is 42.9 Å². The van der Waals surface area contributed by atoms with E-state index in [0.29, 0.717) is 0 Å². The molecule has 2 unspecified atom stereocenters. The molecule has 2 aliphatic rings. The maximum absolute atomic E-state index is 12.1. The van der Waals surface area contributed by atoms with Gasteiger partial charge in [-0.25, -0.2) is 8.42 Å². The van der Waals surface area contributed by atoms with Gasteiger partial charge in [0.05, 0.1) is 23.6 Å². The SMILES string of the molecule is O=S1(=O)CC2N=C(SCCCc3ccccc3)N(c3ccc(Br)cc3)C2C1. The van der Waals surface area contributed by atoms with E-state index in [2.05, 4.69) is 45.1 Å². The number of aliphatic imine (C=N–C) groups is 1. The van der Waals surface area contributed by atoms with Crippen LogP contribution < -0.4 is 4.90 Å². The second-order valence-corrected chi connectivity index (χ2v) is 11.0. The Morgan fingerprint density at radius 2 is 1.81 bits per heavy atom. The summed E-state index contributed by atoms with van der Waals surface area (Å²) in [4.78, 5) is 6.92. The molecule has 2 aromatic rings. The second-order valence-electron chi connectivity index (χ2n) is 6.91. The van der Waals surface area contributed by atoms with E-state index >= 15 is 0 Å². The highest BCUT2D eigenvalue weighted by molar-refractivity contribution is 9.10. The van der Waals surface area contributed by atoms with E-state index in [9.17, 15) is 8.42 Å². The molecule has 2 heterocycles. The van der Waals surface area contributed by atoms with Gasteiger partial charge in [-0.3, -0.25) is 4.99 Å². The van der Waals surface area contributed by atoms with Crippen molar-refractivity contribution in [2.24, 2.45) is 4.99 Å². The lowest BCUT2D eigenvalue weighted by atomic mass is 10.1. The largest absolute Gasteiger partial charge is 0.315 e. The van der Waals surface area contributed by atoms with Crippen LogP contribution >= 0.6 is 27.7 Å². The van der Waals surface area contributed by atoms with Gasteiger partial charge >= 0.3 is 0 Å². The van der Waals surface area contributed by atoms with Gasteiger partial charge in [0.1, 0.15) is 0 Å². The molecule has 1 fully saturated rings. The maximum Gasteiger partial charge on any atom is 0.164 e. The molecule has 4 nitrogen and oxygen atoms in total. The van der Waals surface area contributed by atoms with Crippen LogP contribution in [0.4, 0.5) is 5.69 Å². The van der Waals surface area contributed by atoms with Crippen LogP contribution in [-0.2, 0) is 16.3 Å². The number of aryl methyl sites for hydroxylation is 1. The minimum Gasteiger partial charge on any atom is -0.315 e. The van der Waals surface area contributed by atoms with Crippen molar-refractivity contribution < 1.29 is 8.42 Å². The van der Waals surface area contributed by atoms with Gasteiger partial charge in [0, 0.05) is 15.9 Å². The maximum atomic E-state index is 12.1. The zero-order valence-electron chi connectivity index (χ0n) is 14.8. The monoisotopic (exact) mass is 464 g/mol. The van der Waals surface area contributed by atoms with E-state index in [1.807, 2.05) is 30.3 Å². The average Bonchev–Trinajstić information content (AvgIpc) is 3.11. The van der Waals surface area contributed by atoms with Crippen LogP contribution in [0.5, 0.6) is 0 Å². The minimum absolute atomic E-state index is 0.0761. The first kappa shape index (κ1) is 19.0. The van der Waals surface area contributed by atoms with Crippen LogP contribution in [0.2, 0.25) is 0 Å². The van der Waals surface area contributed by atoms with Gasteiger partial charge in [-0.05, 0) is 42.7 Å². The number of nitrogens with zero attached hydrogens (tertiary/aromatic N) is 2. The normalized spacial score (nSPS) is 23.3. The number of sulfone groups is 1. The van der Waals surface area contributed by atoms with Crippen molar-refractivity contribution in [3.63, 3.8) is 0 Å². The topological polar surface area (TPSA) is 49.7 Å². The second kappa shape index (κ2) is 7.97. The first-order valence-corrected chi connectivity index (χ1v) is 12.6. The number of anilines is 1. The van der Waals surface area contributed by atoms with Crippen molar-refractivity contribution in [2.45, 2.75) is 24.9 Å². The third-order valence-corrected chi connectivity index (χ3v) is 8.18. The predicted octanol–water partition coefficient (Wildman–Crippen LogP) is 4.16. The Morgan fingerprint density at radius 3 is 2.56 bits per heavy atom. The van der Waals surface area contributed by atoms with Gasteiger partial charge in [-0.1, -0.05) is 58.0 Å². The summed E-state index contributed by atoms with van der Waals surface area (Å²) < 4.78 is 25.2. The minimum atomic E-state index is -3.01. The van der Waals surface area contributed by atoms with Gasteiger partial charge < -0.3 is 4.90 Å². The van der Waals surface area contributed by atoms with Crippen LogP contribution in [0.25, 0.3) is 0 Å². The number of hydrogen-bond donors (Lipinski definition) is 0. The van der Waals surface area contributed by atoms with Gasteiger partial charge in [-0.2, -0.15) is 0 Å². The zero-order chi connectivity index (χ0) is 18.9. The van der Waals surface area contributed by atoms with E-state index in [1.165, 1.54) is 5.56 Å². The summed E-state index contributed by atoms with van der Waals surface area (Å²) in [5, 5.41) is 0.954. The number of benzene rings is 2. The molecule has 0 radical (unpaired) electrons. The van der Waals surface area contributed by atoms with Gasteiger partial charge in [-0.15, -0.1) is 0 Å². The summed E-state index contributed by atoms with van der Waals surface area (Å²) in [5.74, 6) is 1.32. The number of amidine groups is 1. The van der Waals surface area contributed by atoms with E-state index in [1.54, 1.807) is 11.8 Å². The molecule has 0 spiro atoms. The molecule has 0 aromatic heterocycles. The van der Waals surface area contributed by atoms with E-state index in [-0.39, 0.29) is 23.6 Å². The summed E-state index contributed by atoms with van der Waals surface area (Å²) in [6, 6.07) is 18.3. The van der Waals surface area contributed by atoms with Gasteiger partial charge in [0.2, 0.25) is 0 Å². The molecule has 7 heteroatoms. The van der Waals surface area contributed by atoms with Crippen molar-refractivity contribution in [2.75, 3.05) is 22.2 Å². The highest BCUT2D eigenvalue weighted by Gasteiger charge is 2.47. The highest BCUT2D eigenvalue weighted by Crippen LogP contribution is 2.35. The Kier molecular flexibility index (Phi) is 5.62. The molecule has 2 aliphatic heterocycles. The molecule has 0 bridgehead atoms. The van der Waals surface area contributed by atoms with E-state index < -0.39 is 9.84 Å². The zero-order valence-corrected chi connectivity index (χ0v) is 18.0. The molecule has 1 saturated heterocycles. The highest BCUT2D eigenvalue weighted by atomic mass is 79.9. The first-order valence-electron chi connectivity index (χ1n) is 9.02. The third-order valence-electron chi connectivity index (χ3n) is 4.90. The lowest BCUT2D eigenvalue weighted by Gasteiger charge is -2.26. The summed E-state index contributed by atoms with van der Waals surface area (Å²) >= 11 is 5.20. The molecule has 27 heavy (non-hydrogen) atoms. The van der Waals surface area contributed by atoms with Crippen molar-refractivity contribution in [3.05, 3.63) is 64.6 Å². The molecule has 0 N–H and O–H groups in total. The predicted molar refractivity (Wildman–Crippen MR) is 118 cm³/mol. The van der Waals surface area contributed by atoms with Crippen molar-refractivity contribution >= 4 is 48.4 Å². The number of fused-ring (bicyclic) bond motifs is 1. The molecular weight excluding hydrogens is 444 g/mol. The smallest absolute Gasteiger partial charge is 0.164 e. The summed E-state index contributed by atoms with van der Waals surface area (Å²) in [7, 11) is -3.01. The molecule has 0 saturated carbocycles. The molecule has 2 atom stereocenters. The molecule has 4 rings (SSSR count). The van der Waals surface area contributed by atoms with Gasteiger partial charge in [0.15, 0.2) is 15.0 Å². The standard InChI is InChI=1S/C20H21BrN2O2S2/c21-16-8-10-17(11-9-16)23-19-14-27(24,25)13-18(19)22-20(23)26-12-4-7-15-5-2-1-3-6-15/h1-3,5-6,8-11,18-19H,4,7,12-14H2. The van der Waals surface area contributed by atoms with E-state index in [0.717, 1.165) is 33.9 Å². The van der Waals surface area contributed by atoms with Crippen LogP contribution in [0.1, 0.15) is 12.0 Å². The summed E-state index contributed by atoms with van der Waals surface area (Å²) in [5.41, 5.74) is 2.36. The Balaban J connectivity index is 1.46. The van der Waals surface area contributed by atoms with Crippen LogP contribution in [0.3, 0.4) is 0 Å². The van der Waals surface area contributed by atoms with Crippen molar-refractivity contribution in [1.82, 2.24) is 0 Å². The van der Waals surface area contributed by atoms with Crippen LogP contribution in [0.15, 0.2) is 64.1 Å². The van der Waals surface area contributed by atoms with E-state index in [4.69, 9.17) is 4.99 Å². The Labute approximate surface area is 173 Å². The fraction of sp³-hybridized carbons (Fsp3) is 0.350. The molecular formula is C20H21BrN2O2S2. The number of thioether (sulfide) groups is 1. The molecule has 0 amide bonds. The average molecular weight is 465 g/mol. The number of halogens is 1. The summed E-state index contributed by atoms with van der Waals surface area (Å²) in [6.45, 7) is 0. The fourth-order valence-electron chi connectivity index (χ4n) is 3.62. The Hall–Kier alpha value is -1.31. The molecule has 0 aliphatic carbocycles. The fourth-order valence-corrected chi connectivity index (χ4v) is 6.79. The number of hydrogen-bond acceptors (Lipinski definition) is 5. The van der Waals surface area contributed by atoms with Crippen molar-refractivity contribution in [1.29, 1.82) is 0 Å². The van der Waals surface area contributed by atoms with Crippen LogP contribution in [0, 0.1) is 0 Å². The first-order chi connectivity index (χ1) is 13.0. The molecule has 142 valence electrons. The summed E-state index contributed by atoms with van der Waals surface area (Å²) in [6.07, 6.45) is 2.11. The van der Waals surface area contributed by atoms with Crippen molar-refractivity contribution in [3.8, 4) is 0 Å². The van der Waals surface area contributed by atoms with Gasteiger partial charge in [0.25, 0.3) is 0 Å². The third kappa shape index (κ3) is 4.41. The Bertz CT molecular complexity index is 930.